The molecule has 2 N–H and O–H groups in total. The Bertz CT molecular complexity index is 1700. The van der Waals surface area contributed by atoms with Gasteiger partial charge in [0.15, 0.2) is 11.4 Å². The van der Waals surface area contributed by atoms with Crippen molar-refractivity contribution in [2.75, 3.05) is 77.6 Å². The zero-order valence-corrected chi connectivity index (χ0v) is 24.1. The average Bonchev–Trinajstić information content (AvgIpc) is 3.75. The highest BCUT2D eigenvalue weighted by Crippen LogP contribution is 2.27. The number of carbonyl (C=O) groups is 1. The number of hydrogen-bond donors (Lipinski definition) is 1. The van der Waals surface area contributed by atoms with Crippen molar-refractivity contribution in [3.8, 4) is 11.5 Å². The second-order valence-corrected chi connectivity index (χ2v) is 10.9. The van der Waals surface area contributed by atoms with Crippen molar-refractivity contribution in [2.24, 2.45) is 0 Å². The lowest BCUT2D eigenvalue weighted by Crippen LogP contribution is -2.47. The van der Waals surface area contributed by atoms with E-state index in [4.69, 9.17) is 10.2 Å². The van der Waals surface area contributed by atoms with Crippen LogP contribution in [0.25, 0.3) is 28.0 Å². The van der Waals surface area contributed by atoms with Gasteiger partial charge in [-0.05, 0) is 50.5 Å². The molecule has 0 radical (unpaired) electrons. The first-order valence-corrected chi connectivity index (χ1v) is 14.0. The number of amides is 1. The third kappa shape index (κ3) is 5.40. The number of hydrogen-bond acceptors (Lipinski definition) is 9. The molecule has 0 saturated carbocycles. The molecule has 1 aromatic carbocycles. The standard InChI is InChI=1S/C29H35FN10O2/c1-35(2)8-9-36(3)28(41)20-6-7-24(22(30)17-20)38-13-10-37(11-14-38)12-15-39-27-21(19-32-39)25-18-23(26-5-4-16-42-26)34-40(25)29(31)33-27/h4-7,16-19H,8-15H2,1-3H3,(H2,31,33). The first kappa shape index (κ1) is 27.7. The Balaban J connectivity index is 1.07. The van der Waals surface area contributed by atoms with Crippen LogP contribution in [0.5, 0.6) is 0 Å². The number of halogens is 1. The minimum absolute atomic E-state index is 0.179. The van der Waals surface area contributed by atoms with Crippen LogP contribution in [0.1, 0.15) is 10.4 Å². The zero-order chi connectivity index (χ0) is 29.4. The van der Waals surface area contributed by atoms with Gasteiger partial charge in [-0.25, -0.2) is 9.07 Å². The van der Waals surface area contributed by atoms with Crippen molar-refractivity contribution in [3.63, 3.8) is 0 Å². The van der Waals surface area contributed by atoms with Crippen LogP contribution in [0.3, 0.4) is 0 Å². The van der Waals surface area contributed by atoms with Crippen LogP contribution < -0.4 is 10.6 Å². The van der Waals surface area contributed by atoms with E-state index in [2.05, 4.69) is 20.1 Å². The Morgan fingerprint density at radius 2 is 1.88 bits per heavy atom. The van der Waals surface area contributed by atoms with Gasteiger partial charge in [0.25, 0.3) is 5.91 Å². The van der Waals surface area contributed by atoms with Crippen molar-refractivity contribution < 1.29 is 13.6 Å². The van der Waals surface area contributed by atoms with E-state index in [0.29, 0.717) is 54.5 Å². The van der Waals surface area contributed by atoms with E-state index < -0.39 is 0 Å². The van der Waals surface area contributed by atoms with E-state index in [-0.39, 0.29) is 17.7 Å². The van der Waals surface area contributed by atoms with Crippen LogP contribution in [0, 0.1) is 5.82 Å². The molecule has 1 aliphatic rings. The second-order valence-electron chi connectivity index (χ2n) is 10.9. The molecule has 13 heteroatoms. The van der Waals surface area contributed by atoms with Crippen LogP contribution in [0.15, 0.2) is 53.3 Å². The smallest absolute Gasteiger partial charge is 0.253 e. The lowest BCUT2D eigenvalue weighted by atomic mass is 10.1. The number of aromatic nitrogens is 5. The van der Waals surface area contributed by atoms with Gasteiger partial charge in [0.05, 0.1) is 35.6 Å². The maximum Gasteiger partial charge on any atom is 0.253 e. The monoisotopic (exact) mass is 574 g/mol. The van der Waals surface area contributed by atoms with Gasteiger partial charge in [-0.15, -0.1) is 0 Å². The molecule has 0 unspecified atom stereocenters. The molecular formula is C29H35FN10O2. The summed E-state index contributed by atoms with van der Waals surface area (Å²) >= 11 is 0. The molecule has 5 heterocycles. The molecule has 42 heavy (non-hydrogen) atoms. The predicted molar refractivity (Wildman–Crippen MR) is 159 cm³/mol. The van der Waals surface area contributed by atoms with Crippen molar-refractivity contribution in [1.29, 1.82) is 0 Å². The summed E-state index contributed by atoms with van der Waals surface area (Å²) in [5, 5.41) is 9.99. The molecule has 12 nitrogen and oxygen atoms in total. The predicted octanol–water partition coefficient (Wildman–Crippen LogP) is 2.52. The summed E-state index contributed by atoms with van der Waals surface area (Å²) in [6.45, 7) is 5.66. The fourth-order valence-corrected chi connectivity index (χ4v) is 5.31. The largest absolute Gasteiger partial charge is 0.463 e. The SMILES string of the molecule is CN(C)CCN(C)C(=O)c1ccc(N2CCN(CCn3ncc4c3nc(N)n3nc(-c5ccco5)cc43)CC2)c(F)c1. The number of benzene rings is 1. The van der Waals surface area contributed by atoms with Gasteiger partial charge < -0.3 is 24.9 Å². The quantitative estimate of drug-likeness (QED) is 0.283. The lowest BCUT2D eigenvalue weighted by molar-refractivity contribution is 0.0786. The first-order valence-electron chi connectivity index (χ1n) is 14.0. The number of piperazine rings is 1. The van der Waals surface area contributed by atoms with Crippen molar-refractivity contribution in [2.45, 2.75) is 6.54 Å². The molecule has 0 atom stereocenters. The number of rotatable bonds is 9. The Morgan fingerprint density at radius 1 is 1.07 bits per heavy atom. The zero-order valence-electron chi connectivity index (χ0n) is 24.1. The summed E-state index contributed by atoms with van der Waals surface area (Å²) in [6.07, 6.45) is 3.40. The molecule has 1 fully saturated rings. The Morgan fingerprint density at radius 3 is 2.60 bits per heavy atom. The van der Waals surface area contributed by atoms with Crippen molar-refractivity contribution >= 4 is 34.1 Å². The molecule has 0 spiro atoms. The van der Waals surface area contributed by atoms with Gasteiger partial charge in [0.1, 0.15) is 11.5 Å². The van der Waals surface area contributed by atoms with Crippen molar-refractivity contribution in [1.82, 2.24) is 39.1 Å². The third-order valence-corrected chi connectivity index (χ3v) is 7.77. The van der Waals surface area contributed by atoms with Crippen LogP contribution in [0.2, 0.25) is 0 Å². The molecule has 4 aromatic heterocycles. The number of likely N-dealkylation sites (N-methyl/N-ethyl adjacent to an activating group) is 2. The van der Waals surface area contributed by atoms with Crippen LogP contribution in [0.4, 0.5) is 16.0 Å². The summed E-state index contributed by atoms with van der Waals surface area (Å²) in [5.41, 5.74) is 9.34. The van der Waals surface area contributed by atoms with Gasteiger partial charge in [-0.2, -0.15) is 19.7 Å². The maximum absolute atomic E-state index is 15.1. The summed E-state index contributed by atoms with van der Waals surface area (Å²) in [7, 11) is 5.65. The normalized spacial score (nSPS) is 14.5. The summed E-state index contributed by atoms with van der Waals surface area (Å²) in [5.74, 6) is 0.385. The Kier molecular flexibility index (Phi) is 7.52. The number of anilines is 2. The summed E-state index contributed by atoms with van der Waals surface area (Å²) in [6, 6.07) is 10.4. The lowest BCUT2D eigenvalue weighted by Gasteiger charge is -2.36. The van der Waals surface area contributed by atoms with E-state index in [1.165, 1.54) is 6.07 Å². The highest BCUT2D eigenvalue weighted by atomic mass is 19.1. The highest BCUT2D eigenvalue weighted by molar-refractivity contribution is 5.94. The Labute approximate surface area is 242 Å². The van der Waals surface area contributed by atoms with Gasteiger partial charge in [0.2, 0.25) is 5.95 Å². The second kappa shape index (κ2) is 11.4. The van der Waals surface area contributed by atoms with Crippen LogP contribution in [-0.4, -0.2) is 112 Å². The van der Waals surface area contributed by atoms with Crippen molar-refractivity contribution in [3.05, 3.63) is 60.2 Å². The van der Waals surface area contributed by atoms with E-state index in [1.807, 2.05) is 46.8 Å². The van der Waals surface area contributed by atoms with Gasteiger partial charge in [-0.1, -0.05) is 0 Å². The molecule has 1 aliphatic heterocycles. The molecule has 6 rings (SSSR count). The highest BCUT2D eigenvalue weighted by Gasteiger charge is 2.22. The van der Waals surface area contributed by atoms with E-state index in [0.717, 1.165) is 37.1 Å². The summed E-state index contributed by atoms with van der Waals surface area (Å²) in [4.78, 5) is 25.3. The van der Waals surface area contributed by atoms with Gasteiger partial charge in [-0.3, -0.25) is 9.69 Å². The number of nitrogens with two attached hydrogens (primary N) is 1. The first-order chi connectivity index (χ1) is 20.3. The summed E-state index contributed by atoms with van der Waals surface area (Å²) < 4.78 is 24.1. The molecule has 5 aromatic rings. The minimum atomic E-state index is -0.372. The van der Waals surface area contributed by atoms with Gasteiger partial charge in [0, 0.05) is 58.4 Å². The van der Waals surface area contributed by atoms with E-state index >= 15 is 4.39 Å². The number of nitrogen functional groups attached to an aromatic ring is 1. The maximum atomic E-state index is 15.1. The number of nitrogens with zero attached hydrogens (tertiary/aromatic N) is 9. The fourth-order valence-electron chi connectivity index (χ4n) is 5.31. The van der Waals surface area contributed by atoms with Crippen LogP contribution in [-0.2, 0) is 6.54 Å². The molecule has 1 saturated heterocycles. The molecule has 220 valence electrons. The Hall–Kier alpha value is -4.49. The van der Waals surface area contributed by atoms with Crippen LogP contribution >= 0.6 is 0 Å². The minimum Gasteiger partial charge on any atom is -0.463 e. The molecule has 0 bridgehead atoms. The topological polar surface area (TPSA) is 117 Å². The number of fused-ring (bicyclic) bond motifs is 3. The fraction of sp³-hybridized carbons (Fsp3) is 0.379. The van der Waals surface area contributed by atoms with E-state index in [9.17, 15) is 4.79 Å². The van der Waals surface area contributed by atoms with Gasteiger partial charge >= 0.3 is 0 Å². The molecule has 1 amide bonds. The number of furan rings is 1. The average molecular weight is 575 g/mol. The third-order valence-electron chi connectivity index (χ3n) is 7.77. The number of carbonyl (C=O) groups excluding carboxylic acids is 1. The molecule has 0 aliphatic carbocycles. The van der Waals surface area contributed by atoms with E-state index in [1.54, 1.807) is 41.1 Å². The molecular weight excluding hydrogens is 539 g/mol.